The van der Waals surface area contributed by atoms with Gasteiger partial charge in [0, 0.05) is 6.07 Å². The van der Waals surface area contributed by atoms with Crippen LogP contribution in [0.15, 0.2) is 49.0 Å². The van der Waals surface area contributed by atoms with Crippen LogP contribution in [0.4, 0.5) is 0 Å². The van der Waals surface area contributed by atoms with Crippen molar-refractivity contribution in [2.24, 2.45) is 5.10 Å². The molecule has 0 aliphatic rings. The summed E-state index contributed by atoms with van der Waals surface area (Å²) >= 11 is 6.51. The van der Waals surface area contributed by atoms with Crippen molar-refractivity contribution in [3.8, 4) is 5.75 Å². The molecule has 0 unspecified atom stereocenters. The van der Waals surface area contributed by atoms with E-state index in [0.717, 1.165) is 4.47 Å². The molecule has 122 valence electrons. The molecule has 1 heterocycles. The molecule has 0 bridgehead atoms. The number of amides is 1. The Morgan fingerprint density at radius 1 is 1.35 bits per heavy atom. The van der Waals surface area contributed by atoms with Crippen molar-refractivity contribution in [1.82, 2.24) is 5.43 Å². The molecule has 0 atom stereocenters. The minimum Gasteiger partial charge on any atom is -0.484 e. The molecular formula is C16H16Br2N2O3. The Morgan fingerprint density at radius 2 is 2.04 bits per heavy atom. The Hall–Kier alpha value is -1.60. The lowest BCUT2D eigenvalue weighted by Gasteiger charge is -2.08. The summed E-state index contributed by atoms with van der Waals surface area (Å²) in [5.74, 6) is 1.27. The van der Waals surface area contributed by atoms with Gasteiger partial charge in [-0.1, -0.05) is 26.0 Å². The predicted molar refractivity (Wildman–Crippen MR) is 95.9 cm³/mol. The van der Waals surface area contributed by atoms with E-state index in [1.54, 1.807) is 6.07 Å². The molecule has 1 aromatic heterocycles. The molecule has 0 saturated carbocycles. The van der Waals surface area contributed by atoms with Crippen LogP contribution in [-0.2, 0) is 4.79 Å². The maximum Gasteiger partial charge on any atom is 0.277 e. The number of hydrazone groups is 1. The monoisotopic (exact) mass is 442 g/mol. The lowest BCUT2D eigenvalue weighted by atomic mass is 10.0. The summed E-state index contributed by atoms with van der Waals surface area (Å²) in [6.45, 7) is 4.14. The van der Waals surface area contributed by atoms with Crippen LogP contribution in [-0.4, -0.2) is 18.7 Å². The lowest BCUT2D eigenvalue weighted by Crippen LogP contribution is -2.24. The van der Waals surface area contributed by atoms with Gasteiger partial charge in [0.25, 0.3) is 5.91 Å². The van der Waals surface area contributed by atoms with E-state index in [1.807, 2.05) is 24.3 Å². The number of furan rings is 1. The second kappa shape index (κ2) is 8.31. The number of hydrogen-bond acceptors (Lipinski definition) is 4. The molecule has 1 N–H and O–H groups in total. The zero-order chi connectivity index (χ0) is 16.8. The van der Waals surface area contributed by atoms with E-state index in [9.17, 15) is 4.79 Å². The van der Waals surface area contributed by atoms with Gasteiger partial charge in [-0.15, -0.1) is 0 Å². The first-order valence-corrected chi connectivity index (χ1v) is 8.54. The van der Waals surface area contributed by atoms with E-state index >= 15 is 0 Å². The van der Waals surface area contributed by atoms with Gasteiger partial charge >= 0.3 is 0 Å². The van der Waals surface area contributed by atoms with Crippen LogP contribution < -0.4 is 10.2 Å². The molecule has 0 aliphatic carbocycles. The summed E-state index contributed by atoms with van der Waals surface area (Å²) in [6.07, 6.45) is 1.41. The molecule has 0 radical (unpaired) electrons. The molecular weight excluding hydrogens is 428 g/mol. The summed E-state index contributed by atoms with van der Waals surface area (Å²) in [5, 5.41) is 3.81. The third-order valence-electron chi connectivity index (χ3n) is 2.96. The SMILES string of the molecule is CC(C)c1ccc(OCC(=O)NN=Cc2cc(Br)c(Br)o2)cc1. The molecule has 7 heteroatoms. The van der Waals surface area contributed by atoms with Gasteiger partial charge in [-0.3, -0.25) is 4.79 Å². The van der Waals surface area contributed by atoms with Gasteiger partial charge in [-0.05, 0) is 55.5 Å². The first kappa shape index (κ1) is 17.7. The average Bonchev–Trinajstić information content (AvgIpc) is 2.84. The molecule has 0 aliphatic heterocycles. The van der Waals surface area contributed by atoms with Crippen molar-refractivity contribution < 1.29 is 13.9 Å². The van der Waals surface area contributed by atoms with Gasteiger partial charge < -0.3 is 9.15 Å². The van der Waals surface area contributed by atoms with Crippen LogP contribution in [0.3, 0.4) is 0 Å². The molecule has 23 heavy (non-hydrogen) atoms. The Balaban J connectivity index is 1.78. The van der Waals surface area contributed by atoms with E-state index in [1.165, 1.54) is 11.8 Å². The molecule has 1 aromatic carbocycles. The van der Waals surface area contributed by atoms with Crippen molar-refractivity contribution in [3.05, 3.63) is 50.8 Å². The van der Waals surface area contributed by atoms with Crippen LogP contribution in [0.25, 0.3) is 0 Å². The van der Waals surface area contributed by atoms with E-state index in [-0.39, 0.29) is 12.5 Å². The number of nitrogens with zero attached hydrogens (tertiary/aromatic N) is 1. The summed E-state index contributed by atoms with van der Waals surface area (Å²) in [4.78, 5) is 11.7. The highest BCUT2D eigenvalue weighted by atomic mass is 79.9. The highest BCUT2D eigenvalue weighted by Crippen LogP contribution is 2.25. The molecule has 0 saturated heterocycles. The number of halogens is 2. The van der Waals surface area contributed by atoms with Crippen LogP contribution >= 0.6 is 31.9 Å². The van der Waals surface area contributed by atoms with Gasteiger partial charge in [0.2, 0.25) is 0 Å². The van der Waals surface area contributed by atoms with Crippen molar-refractivity contribution >= 4 is 44.0 Å². The number of carbonyl (C=O) groups excluding carboxylic acids is 1. The largest absolute Gasteiger partial charge is 0.484 e. The number of nitrogens with one attached hydrogen (secondary N) is 1. The average molecular weight is 444 g/mol. The summed E-state index contributed by atoms with van der Waals surface area (Å²) in [7, 11) is 0. The van der Waals surface area contributed by atoms with E-state index in [4.69, 9.17) is 9.15 Å². The Labute approximate surface area is 151 Å². The maximum atomic E-state index is 11.7. The zero-order valence-corrected chi connectivity index (χ0v) is 15.8. The summed E-state index contributed by atoms with van der Waals surface area (Å²) < 4.78 is 12.0. The molecule has 0 fully saturated rings. The fourth-order valence-electron chi connectivity index (χ4n) is 1.72. The van der Waals surface area contributed by atoms with Gasteiger partial charge in [0.1, 0.15) is 11.5 Å². The lowest BCUT2D eigenvalue weighted by molar-refractivity contribution is -0.123. The quantitative estimate of drug-likeness (QED) is 0.529. The second-order valence-electron chi connectivity index (χ2n) is 5.08. The molecule has 5 nitrogen and oxygen atoms in total. The number of ether oxygens (including phenoxy) is 1. The molecule has 1 amide bonds. The van der Waals surface area contributed by atoms with E-state index in [2.05, 4.69) is 56.2 Å². The van der Waals surface area contributed by atoms with E-state index < -0.39 is 0 Å². The maximum absolute atomic E-state index is 11.7. The first-order valence-electron chi connectivity index (χ1n) is 6.95. The molecule has 2 rings (SSSR count). The van der Waals surface area contributed by atoms with Gasteiger partial charge in [0.05, 0.1) is 10.7 Å². The van der Waals surface area contributed by atoms with Crippen molar-refractivity contribution in [2.75, 3.05) is 6.61 Å². The minimum atomic E-state index is -0.348. The fraction of sp³-hybridized carbons (Fsp3) is 0.250. The predicted octanol–water partition coefficient (Wildman–Crippen LogP) is 4.46. The second-order valence-corrected chi connectivity index (χ2v) is 6.65. The number of carbonyl (C=O) groups is 1. The standard InChI is InChI=1S/C16H16Br2N2O3/c1-10(2)11-3-5-12(6-4-11)22-9-15(21)20-19-8-13-7-14(17)16(18)23-13/h3-8,10H,9H2,1-2H3,(H,20,21). The normalized spacial score (nSPS) is 11.2. The van der Waals surface area contributed by atoms with Crippen molar-refractivity contribution in [2.45, 2.75) is 19.8 Å². The summed E-state index contributed by atoms with van der Waals surface area (Å²) in [5.41, 5.74) is 3.60. The Bertz CT molecular complexity index is 674. The van der Waals surface area contributed by atoms with Gasteiger partial charge in [-0.2, -0.15) is 5.10 Å². The molecule has 0 spiro atoms. The number of rotatable bonds is 6. The minimum absolute atomic E-state index is 0.107. The molecule has 2 aromatic rings. The van der Waals surface area contributed by atoms with Crippen LogP contribution in [0.5, 0.6) is 5.75 Å². The van der Waals surface area contributed by atoms with E-state index in [0.29, 0.717) is 22.1 Å². The third-order valence-corrected chi connectivity index (χ3v) is 4.67. The van der Waals surface area contributed by atoms with Crippen LogP contribution in [0.2, 0.25) is 0 Å². The number of benzene rings is 1. The van der Waals surface area contributed by atoms with Crippen molar-refractivity contribution in [1.29, 1.82) is 0 Å². The summed E-state index contributed by atoms with van der Waals surface area (Å²) in [6, 6.07) is 9.41. The highest BCUT2D eigenvalue weighted by Gasteiger charge is 2.05. The Kier molecular flexibility index (Phi) is 6.41. The third kappa shape index (κ3) is 5.51. The zero-order valence-electron chi connectivity index (χ0n) is 12.7. The smallest absolute Gasteiger partial charge is 0.277 e. The highest BCUT2D eigenvalue weighted by molar-refractivity contribution is 9.13. The Morgan fingerprint density at radius 3 is 2.61 bits per heavy atom. The van der Waals surface area contributed by atoms with Gasteiger partial charge in [0.15, 0.2) is 11.3 Å². The van der Waals surface area contributed by atoms with Crippen molar-refractivity contribution in [3.63, 3.8) is 0 Å². The first-order chi connectivity index (χ1) is 11.0. The topological polar surface area (TPSA) is 63.8 Å². The fourth-order valence-corrected chi connectivity index (χ4v) is 2.33. The number of hydrogen-bond donors (Lipinski definition) is 1. The van der Waals surface area contributed by atoms with Gasteiger partial charge in [-0.25, -0.2) is 5.43 Å². The van der Waals surface area contributed by atoms with Crippen LogP contribution in [0.1, 0.15) is 31.1 Å². The van der Waals surface area contributed by atoms with Crippen LogP contribution in [0, 0.1) is 0 Å².